The van der Waals surface area contributed by atoms with Crippen LogP contribution in [0.15, 0.2) is 46.5 Å². The quantitative estimate of drug-likeness (QED) is 0.906. The van der Waals surface area contributed by atoms with Crippen LogP contribution < -0.4 is 5.32 Å². The van der Waals surface area contributed by atoms with Crippen LogP contribution in [0.1, 0.15) is 26.3 Å². The molecule has 0 amide bonds. The van der Waals surface area contributed by atoms with Gasteiger partial charge < -0.3 is 5.32 Å². The lowest BCUT2D eigenvalue weighted by Crippen LogP contribution is -2.35. The van der Waals surface area contributed by atoms with E-state index in [-0.39, 0.29) is 10.4 Å². The highest BCUT2D eigenvalue weighted by molar-refractivity contribution is 7.99. The molecule has 1 aromatic carbocycles. The number of aromatic nitrogens is 1. The van der Waals surface area contributed by atoms with Crippen molar-refractivity contribution in [1.82, 2.24) is 10.3 Å². The molecule has 0 radical (unpaired) electrons. The van der Waals surface area contributed by atoms with Crippen molar-refractivity contribution in [2.45, 2.75) is 42.6 Å². The lowest BCUT2D eigenvalue weighted by atomic mass is 10.1. The van der Waals surface area contributed by atoms with Crippen molar-refractivity contribution in [3.63, 3.8) is 0 Å². The first-order chi connectivity index (χ1) is 9.85. The Hall–Kier alpha value is -1.46. The van der Waals surface area contributed by atoms with Crippen LogP contribution >= 0.6 is 11.8 Å². The van der Waals surface area contributed by atoms with Gasteiger partial charge in [0.1, 0.15) is 11.6 Å². The molecule has 0 unspecified atom stereocenters. The summed E-state index contributed by atoms with van der Waals surface area (Å²) in [5, 5.41) is 3.21. The molecule has 0 spiro atoms. The fraction of sp³-hybridized carbons (Fsp3) is 0.312. The molecule has 0 saturated heterocycles. The van der Waals surface area contributed by atoms with E-state index in [0.29, 0.717) is 12.1 Å². The molecule has 112 valence electrons. The van der Waals surface area contributed by atoms with Crippen LogP contribution in [-0.4, -0.2) is 10.5 Å². The van der Waals surface area contributed by atoms with Gasteiger partial charge >= 0.3 is 0 Å². The van der Waals surface area contributed by atoms with Crippen molar-refractivity contribution >= 4 is 11.8 Å². The second-order valence-electron chi connectivity index (χ2n) is 5.78. The summed E-state index contributed by atoms with van der Waals surface area (Å²) in [6.07, 6.45) is 3.19. The average molecular weight is 308 g/mol. The van der Waals surface area contributed by atoms with Crippen molar-refractivity contribution in [1.29, 1.82) is 0 Å². The van der Waals surface area contributed by atoms with Gasteiger partial charge in [-0.3, -0.25) is 4.98 Å². The second kappa shape index (κ2) is 6.54. The number of rotatable bonds is 4. The highest BCUT2D eigenvalue weighted by atomic mass is 32.2. The zero-order chi connectivity index (χ0) is 15.5. The van der Waals surface area contributed by atoms with E-state index >= 15 is 0 Å². The van der Waals surface area contributed by atoms with E-state index in [1.807, 2.05) is 20.8 Å². The summed E-state index contributed by atoms with van der Waals surface area (Å²) in [5.74, 6) is -1.08. The molecule has 2 aromatic rings. The molecule has 0 atom stereocenters. The van der Waals surface area contributed by atoms with Crippen LogP contribution in [0.25, 0.3) is 0 Å². The molecule has 2 nitrogen and oxygen atoms in total. The maximum absolute atomic E-state index is 14.1. The Balaban J connectivity index is 2.17. The topological polar surface area (TPSA) is 24.9 Å². The number of hydrogen-bond acceptors (Lipinski definition) is 3. The fourth-order valence-corrected chi connectivity index (χ4v) is 2.51. The normalized spacial score (nSPS) is 11.7. The van der Waals surface area contributed by atoms with E-state index in [1.165, 1.54) is 12.1 Å². The zero-order valence-electron chi connectivity index (χ0n) is 12.3. The first-order valence-electron chi connectivity index (χ1n) is 6.66. The maximum Gasteiger partial charge on any atom is 0.140 e. The Morgan fingerprint density at radius 2 is 1.67 bits per heavy atom. The zero-order valence-corrected chi connectivity index (χ0v) is 13.1. The number of hydrogen-bond donors (Lipinski definition) is 1. The Morgan fingerprint density at radius 3 is 2.19 bits per heavy atom. The van der Waals surface area contributed by atoms with E-state index in [9.17, 15) is 8.78 Å². The number of benzene rings is 1. The highest BCUT2D eigenvalue weighted by Crippen LogP contribution is 2.32. The Kier molecular flexibility index (Phi) is 4.96. The predicted octanol–water partition coefficient (Wildman–Crippen LogP) is 4.40. The Labute approximate surface area is 128 Å². The largest absolute Gasteiger partial charge is 0.308 e. The van der Waals surface area contributed by atoms with Gasteiger partial charge in [0.25, 0.3) is 0 Å². The van der Waals surface area contributed by atoms with Gasteiger partial charge in [-0.15, -0.1) is 0 Å². The minimum Gasteiger partial charge on any atom is -0.308 e. The molecule has 0 aliphatic heterocycles. The van der Waals surface area contributed by atoms with Gasteiger partial charge in [-0.1, -0.05) is 11.8 Å². The molecule has 0 fully saturated rings. The van der Waals surface area contributed by atoms with Crippen LogP contribution in [0.5, 0.6) is 0 Å². The standard InChI is InChI=1S/C16H18F2N2S/c1-16(2,3)20-10-11-8-13(17)15(14(18)9-11)21-12-4-6-19-7-5-12/h4-9,20H,10H2,1-3H3. The third-order valence-corrected chi connectivity index (χ3v) is 3.85. The van der Waals surface area contributed by atoms with Gasteiger partial charge in [-0.05, 0) is 50.6 Å². The van der Waals surface area contributed by atoms with Crippen LogP contribution in [-0.2, 0) is 6.54 Å². The van der Waals surface area contributed by atoms with E-state index < -0.39 is 11.6 Å². The molecule has 5 heteroatoms. The summed E-state index contributed by atoms with van der Waals surface area (Å²) in [7, 11) is 0. The number of nitrogens with one attached hydrogen (secondary N) is 1. The number of nitrogens with zero attached hydrogens (tertiary/aromatic N) is 1. The number of halogens is 2. The molecule has 1 aromatic heterocycles. The molecule has 0 bridgehead atoms. The van der Waals surface area contributed by atoms with Crippen LogP contribution in [0, 0.1) is 11.6 Å². The molecule has 0 saturated carbocycles. The molecule has 0 aliphatic rings. The van der Waals surface area contributed by atoms with E-state index in [2.05, 4.69) is 10.3 Å². The van der Waals surface area contributed by atoms with E-state index in [4.69, 9.17) is 0 Å². The Bertz CT molecular complexity index is 586. The van der Waals surface area contributed by atoms with Crippen LogP contribution in [0.3, 0.4) is 0 Å². The van der Waals surface area contributed by atoms with Crippen molar-refractivity contribution in [3.8, 4) is 0 Å². The molecular weight excluding hydrogens is 290 g/mol. The third kappa shape index (κ3) is 4.79. The fourth-order valence-electron chi connectivity index (χ4n) is 1.70. The lowest BCUT2D eigenvalue weighted by molar-refractivity contribution is 0.422. The van der Waals surface area contributed by atoms with Crippen molar-refractivity contribution < 1.29 is 8.78 Å². The summed E-state index contributed by atoms with van der Waals surface area (Å²) in [5.41, 5.74) is 0.497. The summed E-state index contributed by atoms with van der Waals surface area (Å²) in [6, 6.07) is 6.20. The highest BCUT2D eigenvalue weighted by Gasteiger charge is 2.14. The van der Waals surface area contributed by atoms with Gasteiger partial charge in [0.05, 0.1) is 4.90 Å². The second-order valence-corrected chi connectivity index (χ2v) is 6.86. The van der Waals surface area contributed by atoms with Crippen LogP contribution in [0.2, 0.25) is 0 Å². The minimum atomic E-state index is -0.539. The molecule has 2 rings (SSSR count). The van der Waals surface area contributed by atoms with E-state index in [0.717, 1.165) is 16.7 Å². The van der Waals surface area contributed by atoms with Gasteiger partial charge in [0.2, 0.25) is 0 Å². The SMILES string of the molecule is CC(C)(C)NCc1cc(F)c(Sc2ccncc2)c(F)c1. The van der Waals surface area contributed by atoms with Crippen molar-refractivity contribution in [2.24, 2.45) is 0 Å². The predicted molar refractivity (Wildman–Crippen MR) is 81.3 cm³/mol. The van der Waals surface area contributed by atoms with Gasteiger partial charge in [-0.25, -0.2) is 8.78 Å². The van der Waals surface area contributed by atoms with Gasteiger partial charge in [-0.2, -0.15) is 0 Å². The smallest absolute Gasteiger partial charge is 0.140 e. The third-order valence-electron chi connectivity index (χ3n) is 2.75. The summed E-state index contributed by atoms with van der Waals surface area (Å²) < 4.78 is 28.2. The molecule has 1 N–H and O–H groups in total. The summed E-state index contributed by atoms with van der Waals surface area (Å²) in [4.78, 5) is 4.65. The van der Waals surface area contributed by atoms with Crippen molar-refractivity contribution in [2.75, 3.05) is 0 Å². The molecule has 1 heterocycles. The van der Waals surface area contributed by atoms with Gasteiger partial charge in [0.15, 0.2) is 0 Å². The van der Waals surface area contributed by atoms with Gasteiger partial charge in [0, 0.05) is 29.4 Å². The molecule has 21 heavy (non-hydrogen) atoms. The Morgan fingerprint density at radius 1 is 1.10 bits per heavy atom. The first-order valence-corrected chi connectivity index (χ1v) is 7.47. The monoisotopic (exact) mass is 308 g/mol. The first kappa shape index (κ1) is 15.9. The summed E-state index contributed by atoms with van der Waals surface area (Å²) in [6.45, 7) is 6.45. The average Bonchev–Trinajstić information content (AvgIpc) is 2.41. The summed E-state index contributed by atoms with van der Waals surface area (Å²) >= 11 is 1.06. The lowest BCUT2D eigenvalue weighted by Gasteiger charge is -2.20. The minimum absolute atomic E-state index is 0.0145. The van der Waals surface area contributed by atoms with E-state index in [1.54, 1.807) is 24.5 Å². The van der Waals surface area contributed by atoms with Crippen molar-refractivity contribution in [3.05, 3.63) is 53.9 Å². The molecule has 0 aliphatic carbocycles. The van der Waals surface area contributed by atoms with Crippen LogP contribution in [0.4, 0.5) is 8.78 Å². The maximum atomic E-state index is 14.1. The number of pyridine rings is 1. The molecular formula is C16H18F2N2S.